The zero-order chi connectivity index (χ0) is 37.2. The maximum Gasteiger partial charge on any atom is 0.238 e. The molecule has 0 fully saturated rings. The van der Waals surface area contributed by atoms with Gasteiger partial charge in [-0.1, -0.05) is 0 Å². The molecule has 0 amide bonds. The van der Waals surface area contributed by atoms with Crippen molar-refractivity contribution in [2.45, 2.75) is 45.3 Å². The molecule has 8 N–H and O–H groups in total. The van der Waals surface area contributed by atoms with E-state index in [1.54, 1.807) is 27.7 Å². The van der Waals surface area contributed by atoms with Crippen molar-refractivity contribution in [3.63, 3.8) is 0 Å². The Morgan fingerprint density at radius 3 is 1.27 bits per heavy atom. The van der Waals surface area contributed by atoms with Crippen LogP contribution < -0.4 is 20.3 Å². The van der Waals surface area contributed by atoms with E-state index >= 15 is 0 Å². The van der Waals surface area contributed by atoms with Crippen LogP contribution in [0.1, 0.15) is 34.1 Å². The van der Waals surface area contributed by atoms with Crippen LogP contribution in [0, 0.1) is 0 Å². The molecule has 0 spiro atoms. The van der Waals surface area contributed by atoms with Crippen LogP contribution in [-0.4, -0.2) is 52.1 Å². The molecule has 0 aliphatic heterocycles. The fraction of sp³-hybridized carbons (Fsp3) is 0.189. The number of ether oxygens (including phenoxy) is 2. The molecule has 0 unspecified atom stereocenters. The van der Waals surface area contributed by atoms with Gasteiger partial charge in [0.1, 0.15) is 56.1 Å². The summed E-state index contributed by atoms with van der Waals surface area (Å²) in [6.07, 6.45) is 0.122. The Labute approximate surface area is 287 Å². The Hall–Kier alpha value is -6.70. The highest BCUT2D eigenvalue weighted by Crippen LogP contribution is 2.42. The Kier molecular flexibility index (Phi) is 8.05. The van der Waals surface area contributed by atoms with Crippen molar-refractivity contribution in [2.24, 2.45) is 0 Å². The minimum Gasteiger partial charge on any atom is -0.508 e. The fourth-order valence-electron chi connectivity index (χ4n) is 6.11. The molecule has 0 saturated heterocycles. The Morgan fingerprint density at radius 2 is 0.902 bits per heavy atom. The van der Waals surface area contributed by atoms with Crippen molar-refractivity contribution in [1.82, 2.24) is 0 Å². The third-order valence-electron chi connectivity index (χ3n) is 7.94. The van der Waals surface area contributed by atoms with Gasteiger partial charge in [0.2, 0.25) is 22.4 Å². The highest BCUT2D eigenvalue weighted by atomic mass is 16.5. The standard InChI is InChI=1S/C37H32O14/c1-36(2,50-24-9-16(5-7-20(24)40)34-32(46)30(44)28-22(42)11-18(38)13-26(28)48-34)15-37(3,4)51-25-10-17(6-8-21(25)41)35-33(47)31(45)29-23(43)12-19(39)14-27(29)49-35/h5-14,38-43,46-47H,15H2,1-4H3. The highest BCUT2D eigenvalue weighted by Gasteiger charge is 2.34. The molecule has 0 atom stereocenters. The van der Waals surface area contributed by atoms with E-state index in [1.807, 2.05) is 0 Å². The molecule has 14 nitrogen and oxygen atoms in total. The highest BCUT2D eigenvalue weighted by molar-refractivity contribution is 5.89. The third kappa shape index (κ3) is 6.41. The van der Waals surface area contributed by atoms with E-state index in [9.17, 15) is 50.4 Å². The number of hydrogen-bond donors (Lipinski definition) is 8. The Bertz CT molecular complexity index is 2320. The molecule has 14 heteroatoms. The fourth-order valence-corrected chi connectivity index (χ4v) is 6.11. The Balaban J connectivity index is 1.27. The number of phenolic OH excluding ortho intramolecular Hbond substituents is 6. The summed E-state index contributed by atoms with van der Waals surface area (Å²) < 4.78 is 23.7. The summed E-state index contributed by atoms with van der Waals surface area (Å²) >= 11 is 0. The van der Waals surface area contributed by atoms with Crippen molar-refractivity contribution in [3.05, 3.63) is 81.1 Å². The largest absolute Gasteiger partial charge is 0.508 e. The lowest BCUT2D eigenvalue weighted by Crippen LogP contribution is -2.41. The van der Waals surface area contributed by atoms with Gasteiger partial charge >= 0.3 is 0 Å². The van der Waals surface area contributed by atoms with Crippen molar-refractivity contribution in [1.29, 1.82) is 0 Å². The second kappa shape index (κ2) is 12.0. The number of phenols is 6. The van der Waals surface area contributed by atoms with Gasteiger partial charge in [0.25, 0.3) is 0 Å². The molecule has 6 aromatic rings. The first-order valence-corrected chi connectivity index (χ1v) is 15.3. The van der Waals surface area contributed by atoms with Gasteiger partial charge in [-0.15, -0.1) is 0 Å². The van der Waals surface area contributed by atoms with Crippen LogP contribution >= 0.6 is 0 Å². The van der Waals surface area contributed by atoms with Gasteiger partial charge < -0.3 is 59.2 Å². The topological polar surface area (TPSA) is 241 Å². The zero-order valence-electron chi connectivity index (χ0n) is 27.5. The number of fused-ring (bicyclic) bond motifs is 2. The molecule has 264 valence electrons. The van der Waals surface area contributed by atoms with Crippen molar-refractivity contribution in [2.75, 3.05) is 0 Å². The van der Waals surface area contributed by atoms with E-state index in [0.717, 1.165) is 24.3 Å². The van der Waals surface area contributed by atoms with Gasteiger partial charge in [0.05, 0.1) is 0 Å². The lowest BCUT2D eigenvalue weighted by atomic mass is 9.91. The molecule has 0 saturated carbocycles. The average molecular weight is 701 g/mol. The maximum absolute atomic E-state index is 12.9. The van der Waals surface area contributed by atoms with Gasteiger partial charge in [0, 0.05) is 41.8 Å². The molecule has 0 radical (unpaired) electrons. The molecular weight excluding hydrogens is 668 g/mol. The molecule has 0 bridgehead atoms. The second-order valence-electron chi connectivity index (χ2n) is 13.2. The van der Waals surface area contributed by atoms with E-state index in [4.69, 9.17) is 18.3 Å². The summed E-state index contributed by atoms with van der Waals surface area (Å²) in [5, 5.41) is 82.0. The first kappa shape index (κ1) is 34.2. The van der Waals surface area contributed by atoms with Crippen LogP contribution in [0.2, 0.25) is 0 Å². The SMILES string of the molecule is CC(C)(CC(C)(C)Oc1cc(-c2oc3cc(O)cc(O)c3c(=O)c2O)ccc1O)Oc1cc(-c2oc3cc(O)cc(O)c3c(=O)c2O)ccc1O. The number of hydrogen-bond acceptors (Lipinski definition) is 14. The van der Waals surface area contributed by atoms with E-state index in [1.165, 1.54) is 36.4 Å². The van der Waals surface area contributed by atoms with Crippen LogP contribution in [0.3, 0.4) is 0 Å². The minimum absolute atomic E-state index is 0.0575. The smallest absolute Gasteiger partial charge is 0.238 e. The molecule has 51 heavy (non-hydrogen) atoms. The summed E-state index contributed by atoms with van der Waals surface area (Å²) in [7, 11) is 0. The van der Waals surface area contributed by atoms with Gasteiger partial charge in [-0.3, -0.25) is 9.59 Å². The van der Waals surface area contributed by atoms with Gasteiger partial charge in [0.15, 0.2) is 34.5 Å². The average Bonchev–Trinajstić information content (AvgIpc) is 3.01. The van der Waals surface area contributed by atoms with Gasteiger partial charge in [-0.2, -0.15) is 0 Å². The summed E-state index contributed by atoms with van der Waals surface area (Å²) in [6.45, 7) is 6.80. The normalized spacial score (nSPS) is 12.0. The minimum atomic E-state index is -1.09. The maximum atomic E-state index is 12.9. The molecule has 2 heterocycles. The monoisotopic (exact) mass is 700 g/mol. The first-order valence-electron chi connectivity index (χ1n) is 15.3. The number of benzene rings is 4. The molecule has 0 aliphatic carbocycles. The van der Waals surface area contributed by atoms with Gasteiger partial charge in [-0.25, -0.2) is 0 Å². The number of rotatable bonds is 8. The predicted molar refractivity (Wildman–Crippen MR) is 183 cm³/mol. The first-order chi connectivity index (χ1) is 23.8. The van der Waals surface area contributed by atoms with Crippen molar-refractivity contribution >= 4 is 21.9 Å². The van der Waals surface area contributed by atoms with Crippen molar-refractivity contribution in [3.8, 4) is 80.1 Å². The van der Waals surface area contributed by atoms with Crippen LogP contribution in [0.5, 0.6) is 57.5 Å². The quantitative estimate of drug-likeness (QED) is 0.0871. The second-order valence-corrected chi connectivity index (χ2v) is 13.2. The molecule has 6 rings (SSSR count). The molecule has 2 aromatic heterocycles. The summed E-state index contributed by atoms with van der Waals surface area (Å²) in [6, 6.07) is 12.0. The van der Waals surface area contributed by atoms with Crippen LogP contribution in [-0.2, 0) is 0 Å². The Morgan fingerprint density at radius 1 is 0.529 bits per heavy atom. The third-order valence-corrected chi connectivity index (χ3v) is 7.94. The molecule has 0 aliphatic rings. The summed E-state index contributed by atoms with van der Waals surface area (Å²) in [5.41, 5.74) is -4.19. The van der Waals surface area contributed by atoms with E-state index in [0.29, 0.717) is 0 Å². The molecular formula is C37H32O14. The van der Waals surface area contributed by atoms with E-state index in [-0.39, 0.29) is 85.5 Å². The van der Waals surface area contributed by atoms with E-state index in [2.05, 4.69) is 0 Å². The van der Waals surface area contributed by atoms with Crippen molar-refractivity contribution < 1.29 is 59.2 Å². The molecule has 4 aromatic carbocycles. The van der Waals surface area contributed by atoms with Crippen LogP contribution in [0.25, 0.3) is 44.6 Å². The lowest BCUT2D eigenvalue weighted by molar-refractivity contribution is 0.00262. The number of aromatic hydroxyl groups is 8. The summed E-state index contributed by atoms with van der Waals surface area (Å²) in [4.78, 5) is 25.7. The summed E-state index contributed by atoms with van der Waals surface area (Å²) in [5.74, 6) is -4.83. The van der Waals surface area contributed by atoms with E-state index < -0.39 is 45.1 Å². The van der Waals surface area contributed by atoms with Crippen LogP contribution in [0.4, 0.5) is 0 Å². The zero-order valence-corrected chi connectivity index (χ0v) is 27.5. The van der Waals surface area contributed by atoms with Crippen LogP contribution in [0.15, 0.2) is 79.1 Å². The van der Waals surface area contributed by atoms with Gasteiger partial charge in [-0.05, 0) is 64.1 Å². The lowest BCUT2D eigenvalue weighted by Gasteiger charge is -2.36. The predicted octanol–water partition coefficient (Wildman–Crippen LogP) is 6.28.